The molecule has 132 valence electrons. The molecule has 2 heterocycles. The van der Waals surface area contributed by atoms with Crippen molar-refractivity contribution in [2.24, 2.45) is 5.73 Å². The van der Waals surface area contributed by atoms with E-state index in [1.807, 2.05) is 30.9 Å². The Bertz CT molecular complexity index is 787. The topological polar surface area (TPSA) is 85.2 Å². The first-order chi connectivity index (χ1) is 12.0. The Labute approximate surface area is 147 Å². The van der Waals surface area contributed by atoms with Crippen molar-refractivity contribution < 1.29 is 9.32 Å². The largest absolute Gasteiger partial charge is 0.338 e. The van der Waals surface area contributed by atoms with Crippen LogP contribution in [0.4, 0.5) is 5.69 Å². The first kappa shape index (κ1) is 16.3. The number of benzene rings is 1. The minimum Gasteiger partial charge on any atom is -0.338 e. The molecule has 1 saturated carbocycles. The Morgan fingerprint density at radius 1 is 1.20 bits per heavy atom. The number of aromatic nitrogens is 2. The van der Waals surface area contributed by atoms with Gasteiger partial charge in [-0.05, 0) is 56.4 Å². The summed E-state index contributed by atoms with van der Waals surface area (Å²) in [5, 5.41) is 4.09. The first-order valence-corrected chi connectivity index (χ1v) is 8.99. The zero-order valence-electron chi connectivity index (χ0n) is 14.8. The van der Waals surface area contributed by atoms with Crippen molar-refractivity contribution in [1.29, 1.82) is 0 Å². The van der Waals surface area contributed by atoms with Crippen molar-refractivity contribution in [3.8, 4) is 0 Å². The summed E-state index contributed by atoms with van der Waals surface area (Å²) in [4.78, 5) is 19.2. The molecule has 0 spiro atoms. The second-order valence-electron chi connectivity index (χ2n) is 7.50. The van der Waals surface area contributed by atoms with Crippen LogP contribution in [0.5, 0.6) is 0 Å². The van der Waals surface area contributed by atoms with Crippen molar-refractivity contribution in [3.63, 3.8) is 0 Å². The fraction of sp³-hybridized carbons (Fsp3) is 0.526. The zero-order chi connectivity index (χ0) is 17.6. The van der Waals surface area contributed by atoms with Crippen LogP contribution >= 0.6 is 0 Å². The summed E-state index contributed by atoms with van der Waals surface area (Å²) in [5.41, 5.74) is 9.15. The van der Waals surface area contributed by atoms with Crippen LogP contribution in [0.2, 0.25) is 0 Å². The van der Waals surface area contributed by atoms with E-state index in [1.54, 1.807) is 0 Å². The zero-order valence-corrected chi connectivity index (χ0v) is 14.8. The molecule has 2 N–H and O–H groups in total. The van der Waals surface area contributed by atoms with Gasteiger partial charge in [-0.3, -0.25) is 4.79 Å². The predicted molar refractivity (Wildman–Crippen MR) is 94.3 cm³/mol. The lowest BCUT2D eigenvalue weighted by Gasteiger charge is -2.18. The highest BCUT2D eigenvalue weighted by atomic mass is 16.5. The van der Waals surface area contributed by atoms with E-state index in [4.69, 9.17) is 10.3 Å². The average Bonchev–Trinajstić information content (AvgIpc) is 3.26. The van der Waals surface area contributed by atoms with E-state index in [2.05, 4.69) is 16.2 Å². The Morgan fingerprint density at radius 2 is 1.88 bits per heavy atom. The maximum atomic E-state index is 12.9. The van der Waals surface area contributed by atoms with Gasteiger partial charge in [-0.15, -0.1) is 0 Å². The van der Waals surface area contributed by atoms with Crippen LogP contribution in [0.25, 0.3) is 0 Å². The monoisotopic (exact) mass is 340 g/mol. The average molecular weight is 340 g/mol. The number of nitrogens with zero attached hydrogens (tertiary/aromatic N) is 3. The highest BCUT2D eigenvalue weighted by Crippen LogP contribution is 2.37. The number of rotatable bonds is 3. The molecule has 6 heteroatoms. The number of anilines is 1. The van der Waals surface area contributed by atoms with Gasteiger partial charge in [-0.2, -0.15) is 4.98 Å². The van der Waals surface area contributed by atoms with E-state index >= 15 is 0 Å². The third kappa shape index (κ3) is 2.84. The lowest BCUT2D eigenvalue weighted by molar-refractivity contribution is -0.118. The molecule has 2 aromatic rings. The van der Waals surface area contributed by atoms with Gasteiger partial charge in [0.15, 0.2) is 5.82 Å². The molecular formula is C19H24N4O2. The second-order valence-corrected chi connectivity index (χ2v) is 7.50. The van der Waals surface area contributed by atoms with Gasteiger partial charge in [0.05, 0.1) is 5.54 Å². The van der Waals surface area contributed by atoms with Gasteiger partial charge in [0, 0.05) is 12.2 Å². The minimum atomic E-state index is -0.489. The molecule has 1 amide bonds. The molecule has 0 radical (unpaired) electrons. The molecule has 2 fully saturated rings. The van der Waals surface area contributed by atoms with E-state index in [0.717, 1.165) is 42.5 Å². The lowest BCUT2D eigenvalue weighted by Crippen LogP contribution is -2.34. The number of carbonyl (C=O) groups is 1. The van der Waals surface area contributed by atoms with E-state index in [1.165, 1.54) is 0 Å². The van der Waals surface area contributed by atoms with Gasteiger partial charge in [-0.25, -0.2) is 0 Å². The summed E-state index contributed by atoms with van der Waals surface area (Å²) < 4.78 is 5.44. The van der Waals surface area contributed by atoms with Crippen LogP contribution in [0.1, 0.15) is 60.9 Å². The maximum absolute atomic E-state index is 12.9. The molecule has 1 aromatic heterocycles. The maximum Gasteiger partial charge on any atom is 0.239 e. The third-order valence-corrected chi connectivity index (χ3v) is 5.40. The van der Waals surface area contributed by atoms with Crippen LogP contribution in [-0.2, 0) is 10.3 Å². The van der Waals surface area contributed by atoms with Gasteiger partial charge in [0.25, 0.3) is 0 Å². The number of hydrogen-bond acceptors (Lipinski definition) is 5. The van der Waals surface area contributed by atoms with Gasteiger partial charge in [-0.1, -0.05) is 24.1 Å². The third-order valence-electron chi connectivity index (χ3n) is 5.40. The summed E-state index contributed by atoms with van der Waals surface area (Å²) in [7, 11) is 0. The molecular weight excluding hydrogens is 316 g/mol. The van der Waals surface area contributed by atoms with Crippen molar-refractivity contribution in [1.82, 2.24) is 10.1 Å². The Hall–Kier alpha value is -2.21. The highest BCUT2D eigenvalue weighted by Gasteiger charge is 2.41. The highest BCUT2D eigenvalue weighted by molar-refractivity contribution is 5.99. The smallest absolute Gasteiger partial charge is 0.239 e. The molecule has 6 nitrogen and oxygen atoms in total. The summed E-state index contributed by atoms with van der Waals surface area (Å²) >= 11 is 0. The fourth-order valence-electron chi connectivity index (χ4n) is 4.08. The van der Waals surface area contributed by atoms with Gasteiger partial charge < -0.3 is 15.2 Å². The van der Waals surface area contributed by atoms with Crippen molar-refractivity contribution in [2.45, 2.75) is 57.4 Å². The van der Waals surface area contributed by atoms with Crippen LogP contribution < -0.4 is 10.6 Å². The molecule has 1 aromatic carbocycles. The molecule has 1 aliphatic carbocycles. The number of aryl methyl sites for hydroxylation is 2. The van der Waals surface area contributed by atoms with Gasteiger partial charge >= 0.3 is 0 Å². The molecule has 1 unspecified atom stereocenters. The van der Waals surface area contributed by atoms with E-state index < -0.39 is 5.54 Å². The SMILES string of the molecule is Cc1cc(C)cc(N2CCC(c3nc(C4(N)CCCC4)no3)C2=O)c1. The molecule has 2 aliphatic rings. The fourth-order valence-corrected chi connectivity index (χ4v) is 4.08. The number of hydrogen-bond donors (Lipinski definition) is 1. The molecule has 25 heavy (non-hydrogen) atoms. The quantitative estimate of drug-likeness (QED) is 0.928. The van der Waals surface area contributed by atoms with E-state index in [-0.39, 0.29) is 11.8 Å². The van der Waals surface area contributed by atoms with Crippen LogP contribution in [0.3, 0.4) is 0 Å². The van der Waals surface area contributed by atoms with E-state index in [0.29, 0.717) is 24.7 Å². The molecule has 4 rings (SSSR count). The summed E-state index contributed by atoms with van der Waals surface area (Å²) in [6, 6.07) is 6.19. The van der Waals surface area contributed by atoms with Crippen molar-refractivity contribution >= 4 is 11.6 Å². The predicted octanol–water partition coefficient (Wildman–Crippen LogP) is 2.93. The Balaban J connectivity index is 1.57. The standard InChI is InChI=1S/C19H24N4O2/c1-12-9-13(2)11-14(10-12)23-8-5-15(17(23)24)16-21-18(22-25-16)19(20)6-3-4-7-19/h9-11,15H,3-8,20H2,1-2H3. The number of carbonyl (C=O) groups excluding carboxylic acids is 1. The summed E-state index contributed by atoms with van der Waals surface area (Å²) in [6.07, 6.45) is 4.61. The molecule has 1 saturated heterocycles. The van der Waals surface area contributed by atoms with Crippen LogP contribution in [0.15, 0.2) is 22.7 Å². The number of amides is 1. The van der Waals surface area contributed by atoms with Crippen molar-refractivity contribution in [2.75, 3.05) is 11.4 Å². The first-order valence-electron chi connectivity index (χ1n) is 8.99. The summed E-state index contributed by atoms with van der Waals surface area (Å²) in [5.74, 6) is 0.617. The second kappa shape index (κ2) is 5.95. The van der Waals surface area contributed by atoms with Gasteiger partial charge in [0.1, 0.15) is 5.92 Å². The molecule has 1 aliphatic heterocycles. The Morgan fingerprint density at radius 3 is 2.56 bits per heavy atom. The lowest BCUT2D eigenvalue weighted by atomic mass is 9.98. The minimum absolute atomic E-state index is 0.0256. The van der Waals surface area contributed by atoms with Crippen LogP contribution in [0, 0.1) is 13.8 Å². The molecule has 1 atom stereocenters. The van der Waals surface area contributed by atoms with E-state index in [9.17, 15) is 4.79 Å². The van der Waals surface area contributed by atoms with Gasteiger partial charge in [0.2, 0.25) is 11.8 Å². The van der Waals surface area contributed by atoms with Crippen molar-refractivity contribution in [3.05, 3.63) is 41.0 Å². The number of nitrogens with two attached hydrogens (primary N) is 1. The molecule has 0 bridgehead atoms. The summed E-state index contributed by atoms with van der Waals surface area (Å²) in [6.45, 7) is 4.75. The Kier molecular flexibility index (Phi) is 3.87. The normalized spacial score (nSPS) is 22.8. The van der Waals surface area contributed by atoms with Crippen LogP contribution in [-0.4, -0.2) is 22.6 Å².